The molecule has 65 heavy (non-hydrogen) atoms. The molecule has 0 N–H and O–H groups in total. The average molecular weight is 865 g/mol. The van der Waals surface area contributed by atoms with Gasteiger partial charge in [0.25, 0.3) is 0 Å². The van der Waals surface area contributed by atoms with Crippen molar-refractivity contribution >= 4 is 39.9 Å². The van der Waals surface area contributed by atoms with Crippen LogP contribution in [0.2, 0.25) is 0 Å². The van der Waals surface area contributed by atoms with Crippen LogP contribution in [-0.4, -0.2) is 17.0 Å². The lowest BCUT2D eigenvalue weighted by Gasteiger charge is -2.30. The fraction of sp³-hybridized carbons (Fsp3) is 0.271. The Bertz CT molecular complexity index is 2530. The molecule has 0 amide bonds. The van der Waals surface area contributed by atoms with E-state index in [9.17, 15) is 4.79 Å². The van der Waals surface area contributed by atoms with Gasteiger partial charge in [0, 0.05) is 45.3 Å². The zero-order valence-electron chi connectivity index (χ0n) is 39.0. The van der Waals surface area contributed by atoms with Gasteiger partial charge in [-0.1, -0.05) is 83.4 Å². The summed E-state index contributed by atoms with van der Waals surface area (Å²) in [6.07, 6.45) is 8.52. The second-order valence-corrected chi connectivity index (χ2v) is 17.3. The van der Waals surface area contributed by atoms with Crippen molar-refractivity contribution in [2.75, 3.05) is 9.80 Å². The minimum absolute atomic E-state index is 0.0445. The van der Waals surface area contributed by atoms with E-state index in [0.717, 1.165) is 84.1 Å². The van der Waals surface area contributed by atoms with Gasteiger partial charge in [0.1, 0.15) is 34.2 Å². The lowest BCUT2D eigenvalue weighted by Crippen LogP contribution is -2.31. The van der Waals surface area contributed by atoms with E-state index in [1.807, 2.05) is 72.8 Å². The van der Waals surface area contributed by atoms with Gasteiger partial charge in [-0.2, -0.15) is 0 Å². The number of anilines is 6. The first-order valence-electron chi connectivity index (χ1n) is 23.4. The van der Waals surface area contributed by atoms with Crippen LogP contribution >= 0.6 is 0 Å². The Balaban J connectivity index is 1.05. The molecule has 7 aromatic carbocycles. The van der Waals surface area contributed by atoms with Gasteiger partial charge >= 0.3 is 0 Å². The SMILES string of the molecule is CCCCCC(C)(CC)Oc1ccc(C(=O)c2ccc(Oc3ccc(N(c4ccccc4)c4ccc(N(c5ccccc5)c5ccc(OC(C)(CC)CCC)cc5)cc4)cc3)cc2)cc1. The van der Waals surface area contributed by atoms with Crippen molar-refractivity contribution in [3.05, 3.63) is 193 Å². The van der Waals surface area contributed by atoms with E-state index in [4.69, 9.17) is 14.2 Å². The molecule has 6 heteroatoms. The summed E-state index contributed by atoms with van der Waals surface area (Å²) in [5.41, 5.74) is 7.02. The maximum atomic E-state index is 13.4. The first-order valence-corrected chi connectivity index (χ1v) is 23.4. The largest absolute Gasteiger partial charge is 0.488 e. The van der Waals surface area contributed by atoms with E-state index >= 15 is 0 Å². The molecular formula is C59H64N2O4. The number of hydrogen-bond donors (Lipinski definition) is 0. The fourth-order valence-corrected chi connectivity index (χ4v) is 8.22. The Morgan fingerprint density at radius 1 is 0.400 bits per heavy atom. The third-order valence-electron chi connectivity index (χ3n) is 12.4. The van der Waals surface area contributed by atoms with Crippen LogP contribution in [0.5, 0.6) is 23.0 Å². The molecule has 0 aromatic heterocycles. The first kappa shape index (κ1) is 46.2. The highest BCUT2D eigenvalue weighted by molar-refractivity contribution is 6.09. The summed E-state index contributed by atoms with van der Waals surface area (Å²) >= 11 is 0. The number of hydrogen-bond acceptors (Lipinski definition) is 6. The van der Waals surface area contributed by atoms with Crippen molar-refractivity contribution < 1.29 is 19.0 Å². The number of ketones is 1. The van der Waals surface area contributed by atoms with Gasteiger partial charge < -0.3 is 24.0 Å². The summed E-state index contributed by atoms with van der Waals surface area (Å²) < 4.78 is 19.2. The van der Waals surface area contributed by atoms with Crippen molar-refractivity contribution in [3.63, 3.8) is 0 Å². The summed E-state index contributed by atoms with van der Waals surface area (Å²) in [4.78, 5) is 18.0. The van der Waals surface area contributed by atoms with Gasteiger partial charge in [-0.3, -0.25) is 4.79 Å². The predicted octanol–water partition coefficient (Wildman–Crippen LogP) is 17.1. The van der Waals surface area contributed by atoms with Crippen molar-refractivity contribution in [1.82, 2.24) is 0 Å². The Morgan fingerprint density at radius 2 is 0.738 bits per heavy atom. The zero-order valence-corrected chi connectivity index (χ0v) is 39.0. The highest BCUT2D eigenvalue weighted by Gasteiger charge is 2.25. The molecule has 7 rings (SSSR count). The highest BCUT2D eigenvalue weighted by Crippen LogP contribution is 2.40. The lowest BCUT2D eigenvalue weighted by atomic mass is 9.95. The number of unbranched alkanes of at least 4 members (excludes halogenated alkanes) is 2. The van der Waals surface area contributed by atoms with Crippen molar-refractivity contribution in [1.29, 1.82) is 0 Å². The van der Waals surface area contributed by atoms with Gasteiger partial charge in [-0.15, -0.1) is 0 Å². The molecule has 0 saturated carbocycles. The van der Waals surface area contributed by atoms with E-state index in [1.54, 1.807) is 0 Å². The van der Waals surface area contributed by atoms with Crippen molar-refractivity contribution in [3.8, 4) is 23.0 Å². The summed E-state index contributed by atoms with van der Waals surface area (Å²) in [6.45, 7) is 13.1. The van der Waals surface area contributed by atoms with Crippen LogP contribution in [0.15, 0.2) is 182 Å². The quantitative estimate of drug-likeness (QED) is 0.0500. The van der Waals surface area contributed by atoms with Crippen LogP contribution in [-0.2, 0) is 0 Å². The van der Waals surface area contributed by atoms with Gasteiger partial charge in [0.2, 0.25) is 0 Å². The van der Waals surface area contributed by atoms with Gasteiger partial charge in [-0.25, -0.2) is 0 Å². The molecular weight excluding hydrogens is 801 g/mol. The summed E-state index contributed by atoms with van der Waals surface area (Å²) in [7, 11) is 0. The minimum atomic E-state index is -0.215. The second-order valence-electron chi connectivity index (χ2n) is 17.3. The van der Waals surface area contributed by atoms with Crippen LogP contribution in [0.3, 0.4) is 0 Å². The molecule has 2 atom stereocenters. The fourth-order valence-electron chi connectivity index (χ4n) is 8.22. The summed E-state index contributed by atoms with van der Waals surface area (Å²) in [5.74, 6) is 2.97. The van der Waals surface area contributed by atoms with Crippen LogP contribution in [0.4, 0.5) is 34.1 Å². The van der Waals surface area contributed by atoms with Crippen LogP contribution in [0.25, 0.3) is 0 Å². The second kappa shape index (κ2) is 21.7. The Labute approximate surface area is 387 Å². The third kappa shape index (κ3) is 11.9. The standard InChI is InChI=1S/C59H64N2O4/c1-7-11-18-44-59(6,10-4)65-55-37-25-46(26-38-55)57(62)45-23-35-53(36-24-45)63-54-39-31-51(32-40-54)60(47-19-14-12-15-20-47)49-27-29-50(30-28-49)61(48-21-16-13-17-22-48)52-33-41-56(42-34-52)64-58(5,9-3)43-8-2/h12-17,19-42H,7-11,18,43-44H2,1-6H3. The minimum Gasteiger partial charge on any atom is -0.488 e. The number of rotatable bonds is 22. The van der Waals surface area contributed by atoms with Crippen LogP contribution in [0, 0.1) is 0 Å². The number of ether oxygens (including phenoxy) is 3. The van der Waals surface area contributed by atoms with Crippen LogP contribution < -0.4 is 24.0 Å². The molecule has 2 unspecified atom stereocenters. The molecule has 0 radical (unpaired) electrons. The molecule has 0 aliphatic carbocycles. The highest BCUT2D eigenvalue weighted by atomic mass is 16.5. The van der Waals surface area contributed by atoms with Gasteiger partial charge in [0.05, 0.1) is 0 Å². The molecule has 0 fully saturated rings. The molecule has 0 spiro atoms. The van der Waals surface area contributed by atoms with Gasteiger partial charge in [0.15, 0.2) is 5.78 Å². The van der Waals surface area contributed by atoms with E-state index in [0.29, 0.717) is 22.6 Å². The number of benzene rings is 7. The molecule has 7 aromatic rings. The molecule has 0 heterocycles. The maximum Gasteiger partial charge on any atom is 0.193 e. The Kier molecular flexibility index (Phi) is 15.4. The average Bonchev–Trinajstić information content (AvgIpc) is 3.34. The number of carbonyl (C=O) groups is 1. The molecule has 6 nitrogen and oxygen atoms in total. The molecule has 0 aliphatic rings. The molecule has 0 aliphatic heterocycles. The van der Waals surface area contributed by atoms with E-state index in [1.165, 1.54) is 12.8 Å². The molecule has 334 valence electrons. The number of nitrogens with zero attached hydrogens (tertiary/aromatic N) is 2. The molecule has 0 saturated heterocycles. The zero-order chi connectivity index (χ0) is 45.7. The Hall–Kier alpha value is -6.79. The van der Waals surface area contributed by atoms with Crippen molar-refractivity contribution in [2.45, 2.75) is 104 Å². The normalized spacial score (nSPS) is 13.0. The predicted molar refractivity (Wildman–Crippen MR) is 270 cm³/mol. The monoisotopic (exact) mass is 864 g/mol. The van der Waals surface area contributed by atoms with E-state index < -0.39 is 0 Å². The van der Waals surface area contributed by atoms with Crippen molar-refractivity contribution in [2.24, 2.45) is 0 Å². The van der Waals surface area contributed by atoms with E-state index in [-0.39, 0.29) is 17.0 Å². The number of para-hydroxylation sites is 2. The third-order valence-corrected chi connectivity index (χ3v) is 12.4. The Morgan fingerprint density at radius 3 is 1.12 bits per heavy atom. The maximum absolute atomic E-state index is 13.4. The van der Waals surface area contributed by atoms with Gasteiger partial charge in [-0.05, 0) is 192 Å². The molecule has 0 bridgehead atoms. The summed E-state index contributed by atoms with van der Waals surface area (Å²) in [6, 6.07) is 60.9. The smallest absolute Gasteiger partial charge is 0.193 e. The lowest BCUT2D eigenvalue weighted by molar-refractivity contribution is 0.0719. The van der Waals surface area contributed by atoms with E-state index in [2.05, 4.69) is 161 Å². The first-order chi connectivity index (χ1) is 31.6. The van der Waals surface area contributed by atoms with Crippen LogP contribution in [0.1, 0.15) is 109 Å². The topological polar surface area (TPSA) is 51.2 Å². The number of carbonyl (C=O) groups excluding carboxylic acids is 1. The summed E-state index contributed by atoms with van der Waals surface area (Å²) in [5, 5.41) is 0.